The van der Waals surface area contributed by atoms with Gasteiger partial charge in [0, 0.05) is 25.3 Å². The first kappa shape index (κ1) is 17.3. The molecular formula is C22H28N2O2. The van der Waals surface area contributed by atoms with Gasteiger partial charge >= 0.3 is 0 Å². The smallest absolute Gasteiger partial charge is 0.270 e. The predicted molar refractivity (Wildman–Crippen MR) is 102 cm³/mol. The van der Waals surface area contributed by atoms with Crippen LogP contribution in [0.5, 0.6) is 0 Å². The number of nitrogens with zero attached hydrogens (tertiary/aromatic N) is 2. The zero-order valence-electron chi connectivity index (χ0n) is 15.3. The molecule has 0 radical (unpaired) electrons. The van der Waals surface area contributed by atoms with Crippen molar-refractivity contribution in [2.75, 3.05) is 13.1 Å². The topological polar surface area (TPSA) is 45.5 Å². The van der Waals surface area contributed by atoms with E-state index >= 15 is 0 Å². The average Bonchev–Trinajstić information content (AvgIpc) is 3.43. The van der Waals surface area contributed by atoms with E-state index < -0.39 is 0 Å². The molecule has 1 N–H and O–H groups in total. The lowest BCUT2D eigenvalue weighted by atomic mass is 9.88. The Morgan fingerprint density at radius 3 is 2.46 bits per heavy atom. The van der Waals surface area contributed by atoms with Crippen LogP contribution in [0.4, 0.5) is 0 Å². The minimum atomic E-state index is -0.275. The van der Waals surface area contributed by atoms with Crippen molar-refractivity contribution in [3.05, 3.63) is 59.9 Å². The molecular weight excluding hydrogens is 324 g/mol. The Labute approximate surface area is 155 Å². The van der Waals surface area contributed by atoms with Gasteiger partial charge in [0.05, 0.1) is 6.10 Å². The van der Waals surface area contributed by atoms with Crippen molar-refractivity contribution in [2.45, 2.75) is 50.7 Å². The van der Waals surface area contributed by atoms with E-state index in [4.69, 9.17) is 0 Å². The summed E-state index contributed by atoms with van der Waals surface area (Å²) in [6, 6.07) is 14.8. The van der Waals surface area contributed by atoms with E-state index in [-0.39, 0.29) is 12.0 Å². The van der Waals surface area contributed by atoms with Crippen molar-refractivity contribution in [1.29, 1.82) is 0 Å². The molecule has 4 heteroatoms. The summed E-state index contributed by atoms with van der Waals surface area (Å²) in [6.07, 6.45) is 7.63. The molecule has 1 aromatic heterocycles. The van der Waals surface area contributed by atoms with E-state index in [1.807, 2.05) is 41.4 Å². The molecule has 1 amide bonds. The highest BCUT2D eigenvalue weighted by Crippen LogP contribution is 2.36. The van der Waals surface area contributed by atoms with Gasteiger partial charge in [0.1, 0.15) is 5.69 Å². The number of rotatable bonds is 6. The van der Waals surface area contributed by atoms with Gasteiger partial charge in [0.25, 0.3) is 5.91 Å². The third-order valence-electron chi connectivity index (χ3n) is 5.88. The van der Waals surface area contributed by atoms with Crippen LogP contribution in [0.3, 0.4) is 0 Å². The van der Waals surface area contributed by atoms with Crippen LogP contribution in [-0.4, -0.2) is 39.7 Å². The summed E-state index contributed by atoms with van der Waals surface area (Å²) in [5.41, 5.74) is 2.11. The lowest BCUT2D eigenvalue weighted by Crippen LogP contribution is -2.42. The molecule has 1 unspecified atom stereocenters. The van der Waals surface area contributed by atoms with Gasteiger partial charge in [-0.1, -0.05) is 30.3 Å². The molecule has 1 aliphatic heterocycles. The van der Waals surface area contributed by atoms with E-state index in [2.05, 4.69) is 16.7 Å². The fourth-order valence-electron chi connectivity index (χ4n) is 4.09. The maximum atomic E-state index is 12.8. The second kappa shape index (κ2) is 7.67. The molecule has 2 heterocycles. The van der Waals surface area contributed by atoms with Crippen molar-refractivity contribution in [3.8, 4) is 0 Å². The Kier molecular flexibility index (Phi) is 5.11. The van der Waals surface area contributed by atoms with E-state index in [0.29, 0.717) is 12.0 Å². The normalized spacial score (nSPS) is 19.5. The number of aryl methyl sites for hydroxylation is 1. The van der Waals surface area contributed by atoms with Crippen LogP contribution in [0, 0.1) is 5.92 Å². The lowest BCUT2D eigenvalue weighted by molar-refractivity contribution is 0.0430. The third-order valence-corrected chi connectivity index (χ3v) is 5.88. The van der Waals surface area contributed by atoms with Gasteiger partial charge in [0.2, 0.25) is 0 Å². The van der Waals surface area contributed by atoms with E-state index in [1.54, 1.807) is 0 Å². The maximum Gasteiger partial charge on any atom is 0.270 e. The van der Waals surface area contributed by atoms with Crippen LogP contribution in [0.1, 0.15) is 54.2 Å². The molecule has 1 saturated heterocycles. The highest BCUT2D eigenvalue weighted by molar-refractivity contribution is 5.93. The van der Waals surface area contributed by atoms with Gasteiger partial charge in [-0.15, -0.1) is 0 Å². The summed E-state index contributed by atoms with van der Waals surface area (Å²) in [4.78, 5) is 14.8. The van der Waals surface area contributed by atoms with Gasteiger partial charge in [0.15, 0.2) is 0 Å². The minimum Gasteiger partial charge on any atom is -0.393 e. The van der Waals surface area contributed by atoms with Gasteiger partial charge < -0.3 is 14.6 Å². The Morgan fingerprint density at radius 2 is 1.77 bits per heavy atom. The number of amides is 1. The Hall–Kier alpha value is -2.07. The second-order valence-corrected chi connectivity index (χ2v) is 7.75. The zero-order valence-corrected chi connectivity index (χ0v) is 15.3. The number of carbonyl (C=O) groups is 1. The Balaban J connectivity index is 1.28. The zero-order chi connectivity index (χ0) is 17.9. The van der Waals surface area contributed by atoms with Crippen LogP contribution >= 0.6 is 0 Å². The number of hydrogen-bond donors (Lipinski definition) is 1. The van der Waals surface area contributed by atoms with Gasteiger partial charge in [-0.3, -0.25) is 4.79 Å². The molecule has 1 aliphatic carbocycles. The van der Waals surface area contributed by atoms with Gasteiger partial charge in [-0.2, -0.15) is 0 Å². The molecule has 1 atom stereocenters. The number of likely N-dealkylation sites (tertiary alicyclic amines) is 1. The molecule has 0 bridgehead atoms. The second-order valence-electron chi connectivity index (χ2n) is 7.75. The first-order chi connectivity index (χ1) is 12.7. The van der Waals surface area contributed by atoms with Gasteiger partial charge in [-0.25, -0.2) is 0 Å². The van der Waals surface area contributed by atoms with Crippen LogP contribution in [0.15, 0.2) is 48.7 Å². The Morgan fingerprint density at radius 1 is 1.04 bits per heavy atom. The summed E-state index contributed by atoms with van der Waals surface area (Å²) in [7, 11) is 0. The molecule has 138 valence electrons. The number of hydrogen-bond acceptors (Lipinski definition) is 2. The highest BCUT2D eigenvalue weighted by Gasteiger charge is 2.31. The third kappa shape index (κ3) is 3.85. The summed E-state index contributed by atoms with van der Waals surface area (Å²) in [6.45, 7) is 1.50. The van der Waals surface area contributed by atoms with E-state index in [9.17, 15) is 9.90 Å². The van der Waals surface area contributed by atoms with Crippen molar-refractivity contribution >= 4 is 5.91 Å². The fraction of sp³-hybridized carbons (Fsp3) is 0.500. The maximum absolute atomic E-state index is 12.8. The number of carbonyl (C=O) groups excluding carboxylic acids is 1. The van der Waals surface area contributed by atoms with E-state index in [0.717, 1.165) is 44.5 Å². The summed E-state index contributed by atoms with van der Waals surface area (Å²) < 4.78 is 2.14. The van der Waals surface area contributed by atoms with Crippen molar-refractivity contribution in [2.24, 2.45) is 5.92 Å². The average molecular weight is 352 g/mol. The molecule has 1 aromatic carbocycles. The fourth-order valence-corrected chi connectivity index (χ4v) is 4.09. The Bertz CT molecular complexity index is 728. The quantitative estimate of drug-likeness (QED) is 0.862. The lowest BCUT2D eigenvalue weighted by Gasteiger charge is -2.34. The molecule has 4 nitrogen and oxygen atoms in total. The summed E-state index contributed by atoms with van der Waals surface area (Å²) in [5.74, 6) is 0.456. The number of aromatic nitrogens is 1. The number of benzene rings is 1. The van der Waals surface area contributed by atoms with Crippen molar-refractivity contribution < 1.29 is 9.90 Å². The highest BCUT2D eigenvalue weighted by atomic mass is 16.3. The van der Waals surface area contributed by atoms with Crippen molar-refractivity contribution in [3.63, 3.8) is 0 Å². The van der Waals surface area contributed by atoms with Crippen LogP contribution in [-0.2, 0) is 6.42 Å². The molecule has 0 spiro atoms. The van der Waals surface area contributed by atoms with Crippen LogP contribution in [0.2, 0.25) is 0 Å². The molecule has 2 aliphatic rings. The number of aliphatic hydroxyl groups is 1. The molecule has 2 fully saturated rings. The molecule has 4 rings (SSSR count). The SMILES string of the molecule is O=C(c1cccn1C1CC1)N1CCC(C(O)CCc2ccccc2)CC1. The molecule has 1 saturated carbocycles. The van der Waals surface area contributed by atoms with E-state index in [1.165, 1.54) is 18.4 Å². The summed E-state index contributed by atoms with van der Waals surface area (Å²) in [5, 5.41) is 10.6. The molecule has 26 heavy (non-hydrogen) atoms. The van der Waals surface area contributed by atoms with Crippen molar-refractivity contribution in [1.82, 2.24) is 9.47 Å². The number of aliphatic hydroxyl groups excluding tert-OH is 1. The van der Waals surface area contributed by atoms with Gasteiger partial charge in [-0.05, 0) is 62.1 Å². The largest absolute Gasteiger partial charge is 0.393 e. The standard InChI is InChI=1S/C22H28N2O2/c25-21(11-8-17-5-2-1-3-6-17)18-12-15-23(16-13-18)22(26)20-7-4-14-24(20)19-9-10-19/h1-7,14,18-19,21,25H,8-13,15-16H2. The molecule has 2 aromatic rings. The number of piperidine rings is 1. The predicted octanol–water partition coefficient (Wildman–Crippen LogP) is 3.67. The first-order valence-corrected chi connectivity index (χ1v) is 9.90. The summed E-state index contributed by atoms with van der Waals surface area (Å²) >= 11 is 0. The monoisotopic (exact) mass is 352 g/mol. The van der Waals surface area contributed by atoms with Crippen LogP contribution < -0.4 is 0 Å². The minimum absolute atomic E-state index is 0.152. The first-order valence-electron chi connectivity index (χ1n) is 9.90. The van der Waals surface area contributed by atoms with Crippen LogP contribution in [0.25, 0.3) is 0 Å².